The van der Waals surface area contributed by atoms with E-state index in [1.807, 2.05) is 33.0 Å². The van der Waals surface area contributed by atoms with Crippen molar-refractivity contribution >= 4 is 29.9 Å². The number of urea groups is 1. The number of carbonyl (C=O) groups is 3. The molecule has 248 valence electrons. The Kier molecular flexibility index (Phi) is 12.0. The molecule has 0 unspecified atom stereocenters. The average Bonchev–Trinajstić information content (AvgIpc) is 3.35. The van der Waals surface area contributed by atoms with Gasteiger partial charge in [-0.1, -0.05) is 26.0 Å². The highest BCUT2D eigenvalue weighted by atomic mass is 19.1. The van der Waals surface area contributed by atoms with Gasteiger partial charge in [-0.3, -0.25) is 9.69 Å². The number of esters is 1. The third-order valence-corrected chi connectivity index (χ3v) is 8.78. The number of hydrogen-bond acceptors (Lipinski definition) is 8. The normalized spacial score (nSPS) is 28.4. The number of ether oxygens (including phenoxy) is 2. The molecule has 11 nitrogen and oxygen atoms in total. The Morgan fingerprint density at radius 1 is 1.07 bits per heavy atom. The minimum atomic E-state index is -0.910. The summed E-state index contributed by atoms with van der Waals surface area (Å²) < 4.78 is 26.6. The minimum Gasteiger partial charge on any atom is -0.457 e. The number of halogens is 1. The zero-order valence-electron chi connectivity index (χ0n) is 26.7. The molecule has 2 saturated heterocycles. The highest BCUT2D eigenvalue weighted by molar-refractivity contribution is 5.94. The predicted octanol–water partition coefficient (Wildman–Crippen LogP) is 3.50. The number of aliphatic hydroxyl groups excluding tert-OH is 2. The Hall–Kier alpha value is -3.48. The van der Waals surface area contributed by atoms with Crippen molar-refractivity contribution in [1.82, 2.24) is 14.7 Å². The molecule has 2 N–H and O–H groups in total. The molecule has 0 aliphatic carbocycles. The van der Waals surface area contributed by atoms with Gasteiger partial charge in [0.1, 0.15) is 18.0 Å². The number of amides is 3. The molecule has 1 aromatic rings. The molecular weight excluding hydrogens is 583 g/mol. The lowest BCUT2D eigenvalue weighted by atomic mass is 9.91. The Morgan fingerprint density at radius 3 is 2.51 bits per heavy atom. The van der Waals surface area contributed by atoms with Crippen LogP contribution in [-0.4, -0.2) is 121 Å². The van der Waals surface area contributed by atoms with Crippen molar-refractivity contribution in [3.8, 4) is 0 Å². The molecule has 3 heterocycles. The predicted molar refractivity (Wildman–Crippen MR) is 168 cm³/mol. The van der Waals surface area contributed by atoms with Crippen molar-refractivity contribution in [2.75, 3.05) is 64.4 Å². The van der Waals surface area contributed by atoms with Crippen molar-refractivity contribution in [2.24, 2.45) is 11.8 Å². The van der Waals surface area contributed by atoms with Gasteiger partial charge in [0.15, 0.2) is 0 Å². The van der Waals surface area contributed by atoms with E-state index in [0.717, 1.165) is 13.1 Å². The summed E-state index contributed by atoms with van der Waals surface area (Å²) in [4.78, 5) is 45.5. The largest absolute Gasteiger partial charge is 0.457 e. The van der Waals surface area contributed by atoms with Gasteiger partial charge in [-0.05, 0) is 68.1 Å². The molecule has 0 saturated carbocycles. The van der Waals surface area contributed by atoms with Crippen LogP contribution in [0.25, 0.3) is 6.08 Å². The van der Waals surface area contributed by atoms with Crippen LogP contribution in [0.3, 0.4) is 0 Å². The fraction of sp³-hybridized carbons (Fsp3) is 0.606. The van der Waals surface area contributed by atoms with Crippen LogP contribution in [0.1, 0.15) is 45.6 Å². The molecule has 0 spiro atoms. The van der Waals surface area contributed by atoms with E-state index in [9.17, 15) is 29.0 Å². The van der Waals surface area contributed by atoms with Crippen molar-refractivity contribution in [1.29, 1.82) is 0 Å². The van der Waals surface area contributed by atoms with E-state index in [-0.39, 0.29) is 43.5 Å². The Balaban J connectivity index is 1.57. The molecule has 3 amide bonds. The monoisotopic (exact) mass is 630 g/mol. The number of hydrogen-bond donors (Lipinski definition) is 2. The smallest absolute Gasteiger partial charge is 0.410 e. The van der Waals surface area contributed by atoms with Gasteiger partial charge in [0.25, 0.3) is 0 Å². The summed E-state index contributed by atoms with van der Waals surface area (Å²) in [5.41, 5.74) is 1.52. The number of rotatable bonds is 6. The zero-order valence-corrected chi connectivity index (χ0v) is 26.7. The lowest BCUT2D eigenvalue weighted by Gasteiger charge is -2.33. The quantitative estimate of drug-likeness (QED) is 0.362. The molecule has 3 aliphatic heterocycles. The van der Waals surface area contributed by atoms with Crippen LogP contribution in [0, 0.1) is 17.7 Å². The summed E-state index contributed by atoms with van der Waals surface area (Å²) in [6, 6.07) is 4.03. The maximum Gasteiger partial charge on any atom is 0.410 e. The number of carbonyl (C=O) groups excluding carboxylic acids is 3. The first-order chi connectivity index (χ1) is 21.4. The number of aliphatic hydroxyl groups is 2. The Labute approximate surface area is 264 Å². The fourth-order valence-corrected chi connectivity index (χ4v) is 5.96. The summed E-state index contributed by atoms with van der Waals surface area (Å²) in [7, 11) is 2.02. The minimum absolute atomic E-state index is 0.0997. The molecule has 3 aliphatic rings. The van der Waals surface area contributed by atoms with Crippen molar-refractivity contribution in [3.05, 3.63) is 47.3 Å². The number of anilines is 1. The zero-order chi connectivity index (χ0) is 32.7. The first kappa shape index (κ1) is 34.4. The van der Waals surface area contributed by atoms with Crippen LogP contribution in [0.5, 0.6) is 0 Å². The first-order valence-corrected chi connectivity index (χ1v) is 15.8. The van der Waals surface area contributed by atoms with Gasteiger partial charge >= 0.3 is 18.1 Å². The second-order valence-electron chi connectivity index (χ2n) is 12.5. The molecule has 0 aromatic heterocycles. The fourth-order valence-electron chi connectivity index (χ4n) is 5.96. The molecular formula is C33H47FN4O7. The van der Waals surface area contributed by atoms with Gasteiger partial charge in [0, 0.05) is 57.4 Å². The van der Waals surface area contributed by atoms with E-state index in [1.54, 1.807) is 24.0 Å². The molecule has 1 aromatic carbocycles. The molecule has 12 heteroatoms. The second kappa shape index (κ2) is 15.7. The number of β-amino-alcohol motifs (C(OH)–C–C–N with tert-alkyl or cyclic N) is 1. The highest BCUT2D eigenvalue weighted by Gasteiger charge is 2.31. The van der Waals surface area contributed by atoms with Crippen molar-refractivity contribution in [3.63, 3.8) is 0 Å². The standard InChI is InChI=1S/C33H47FN4O7/c1-22-5-7-28(40)21-30(41)45-31(23(2)6-8-29(22)44-33(43)37-11-9-35(4)10-12-37)24(3)17-25-18-26(34)20-27(19-25)38-14-13-36(15-16-39)32(38)42/h6,8,17-20,22-23,28-29,31,39-40H,5,7,9-16,21H2,1-4H3/b8-6+,24-17+/t22-,23-,28+,29-,31-/m0/s1. The van der Waals surface area contributed by atoms with Crippen LogP contribution < -0.4 is 4.90 Å². The summed E-state index contributed by atoms with van der Waals surface area (Å²) in [6.45, 7) is 9.21. The maximum absolute atomic E-state index is 14.8. The van der Waals surface area contributed by atoms with Crippen LogP contribution >= 0.6 is 0 Å². The van der Waals surface area contributed by atoms with Crippen molar-refractivity contribution < 1.29 is 38.5 Å². The lowest BCUT2D eigenvalue weighted by molar-refractivity contribution is -0.151. The summed E-state index contributed by atoms with van der Waals surface area (Å²) in [5, 5.41) is 19.8. The molecule has 45 heavy (non-hydrogen) atoms. The van der Waals surface area contributed by atoms with E-state index in [1.165, 1.54) is 21.9 Å². The highest BCUT2D eigenvalue weighted by Crippen LogP contribution is 2.28. The van der Waals surface area contributed by atoms with Gasteiger partial charge in [-0.2, -0.15) is 0 Å². The number of benzene rings is 1. The topological polar surface area (TPSA) is 123 Å². The lowest BCUT2D eigenvalue weighted by Crippen LogP contribution is -2.48. The second-order valence-corrected chi connectivity index (χ2v) is 12.5. The molecule has 0 bridgehead atoms. The van der Waals surface area contributed by atoms with Crippen molar-refractivity contribution in [2.45, 2.75) is 58.3 Å². The van der Waals surface area contributed by atoms with Gasteiger partial charge in [-0.25, -0.2) is 14.0 Å². The number of piperazine rings is 1. The summed E-state index contributed by atoms with van der Waals surface area (Å²) in [6.07, 6.45) is 3.58. The van der Waals surface area contributed by atoms with E-state index < -0.39 is 30.1 Å². The number of likely N-dealkylation sites (N-methyl/N-ethyl adjacent to an activating group) is 1. The number of cyclic esters (lactones) is 1. The van der Waals surface area contributed by atoms with E-state index >= 15 is 0 Å². The maximum atomic E-state index is 14.8. The Bertz CT molecular complexity index is 1270. The van der Waals surface area contributed by atoms with Crippen LogP contribution in [-0.2, 0) is 14.3 Å². The van der Waals surface area contributed by atoms with Gasteiger partial charge < -0.3 is 34.4 Å². The summed E-state index contributed by atoms with van der Waals surface area (Å²) in [5.74, 6) is -1.51. The van der Waals surface area contributed by atoms with Gasteiger partial charge in [-0.15, -0.1) is 0 Å². The molecule has 2 fully saturated rings. The molecule has 5 atom stereocenters. The van der Waals surface area contributed by atoms with Gasteiger partial charge in [0.2, 0.25) is 0 Å². The van der Waals surface area contributed by atoms with E-state index in [2.05, 4.69) is 4.90 Å². The summed E-state index contributed by atoms with van der Waals surface area (Å²) >= 11 is 0. The number of nitrogens with zero attached hydrogens (tertiary/aromatic N) is 4. The third-order valence-electron chi connectivity index (χ3n) is 8.78. The van der Waals surface area contributed by atoms with Crippen LogP contribution in [0.4, 0.5) is 19.7 Å². The van der Waals surface area contributed by atoms with Crippen LogP contribution in [0.15, 0.2) is 35.9 Å². The van der Waals surface area contributed by atoms with Gasteiger partial charge in [0.05, 0.1) is 19.1 Å². The third kappa shape index (κ3) is 9.27. The molecule has 0 radical (unpaired) electrons. The average molecular weight is 631 g/mol. The van der Waals surface area contributed by atoms with E-state index in [0.29, 0.717) is 55.8 Å². The molecule has 4 rings (SSSR count). The Morgan fingerprint density at radius 2 is 1.80 bits per heavy atom. The van der Waals surface area contributed by atoms with Crippen LogP contribution in [0.2, 0.25) is 0 Å². The SMILES string of the molecule is C/C(=C\c1cc(F)cc(N2CCN(CCO)C2=O)c1)[C@H]1OC(=O)C[C@H](O)CC[C@H](C)[C@@H](OC(=O)N2CCN(C)CC2)/C=C/[C@@H]1C. The van der Waals surface area contributed by atoms with E-state index in [4.69, 9.17) is 9.47 Å². The first-order valence-electron chi connectivity index (χ1n) is 15.8.